The van der Waals surface area contributed by atoms with Gasteiger partial charge in [-0.25, -0.2) is 4.99 Å². The molecule has 3 aromatic rings. The van der Waals surface area contributed by atoms with Crippen molar-refractivity contribution >= 4 is 40.1 Å². The van der Waals surface area contributed by atoms with Crippen molar-refractivity contribution in [1.29, 1.82) is 0 Å². The zero-order chi connectivity index (χ0) is 18.2. The SMILES string of the molecule is O=C1Nc2ccccc2/C1=N/c1ccc(/N=C2\CNc3ccccc32)cc1. The molecule has 0 saturated carbocycles. The van der Waals surface area contributed by atoms with E-state index in [2.05, 4.69) is 27.8 Å². The largest absolute Gasteiger partial charge is 0.379 e. The van der Waals surface area contributed by atoms with E-state index in [0.717, 1.165) is 46.1 Å². The number of carbonyl (C=O) groups is 1. The summed E-state index contributed by atoms with van der Waals surface area (Å²) in [6.45, 7) is 0.723. The molecule has 0 unspecified atom stereocenters. The van der Waals surface area contributed by atoms with E-state index in [1.807, 2.05) is 60.7 Å². The van der Waals surface area contributed by atoms with Crippen LogP contribution in [-0.2, 0) is 4.79 Å². The van der Waals surface area contributed by atoms with Crippen LogP contribution >= 0.6 is 0 Å². The highest BCUT2D eigenvalue weighted by atomic mass is 16.2. The van der Waals surface area contributed by atoms with Gasteiger partial charge in [0.2, 0.25) is 0 Å². The van der Waals surface area contributed by atoms with Gasteiger partial charge in [-0.05, 0) is 36.4 Å². The Hall–Kier alpha value is -3.73. The Morgan fingerprint density at radius 3 is 2.11 bits per heavy atom. The summed E-state index contributed by atoms with van der Waals surface area (Å²) >= 11 is 0. The summed E-state index contributed by atoms with van der Waals surface area (Å²) < 4.78 is 0. The molecule has 0 spiro atoms. The highest BCUT2D eigenvalue weighted by molar-refractivity contribution is 6.54. The third-order valence-electron chi connectivity index (χ3n) is 4.68. The molecule has 2 N–H and O–H groups in total. The predicted molar refractivity (Wildman–Crippen MR) is 109 cm³/mol. The quantitative estimate of drug-likeness (QED) is 0.722. The van der Waals surface area contributed by atoms with Gasteiger partial charge < -0.3 is 10.6 Å². The van der Waals surface area contributed by atoms with E-state index in [0.29, 0.717) is 5.71 Å². The lowest BCUT2D eigenvalue weighted by Crippen LogP contribution is -2.13. The van der Waals surface area contributed by atoms with Crippen molar-refractivity contribution in [3.8, 4) is 0 Å². The molecule has 5 heteroatoms. The number of anilines is 2. The fraction of sp³-hybridized carbons (Fsp3) is 0.0455. The number of amides is 1. The number of rotatable bonds is 2. The predicted octanol–water partition coefficient (Wildman–Crippen LogP) is 4.31. The second-order valence-corrected chi connectivity index (χ2v) is 6.43. The minimum Gasteiger partial charge on any atom is -0.379 e. The van der Waals surface area contributed by atoms with Crippen molar-refractivity contribution in [2.75, 3.05) is 17.2 Å². The number of para-hydroxylation sites is 2. The van der Waals surface area contributed by atoms with Crippen LogP contribution < -0.4 is 10.6 Å². The van der Waals surface area contributed by atoms with Gasteiger partial charge in [-0.1, -0.05) is 36.4 Å². The molecule has 2 heterocycles. The van der Waals surface area contributed by atoms with Gasteiger partial charge in [-0.3, -0.25) is 9.79 Å². The second kappa shape index (κ2) is 6.21. The smallest absolute Gasteiger partial charge is 0.275 e. The highest BCUT2D eigenvalue weighted by Crippen LogP contribution is 2.28. The van der Waals surface area contributed by atoms with Gasteiger partial charge >= 0.3 is 0 Å². The lowest BCUT2D eigenvalue weighted by atomic mass is 10.1. The van der Waals surface area contributed by atoms with Crippen LogP contribution in [0.3, 0.4) is 0 Å². The molecule has 0 radical (unpaired) electrons. The molecule has 0 aliphatic carbocycles. The topological polar surface area (TPSA) is 65.8 Å². The minimum atomic E-state index is -0.172. The van der Waals surface area contributed by atoms with Gasteiger partial charge in [0, 0.05) is 16.8 Å². The van der Waals surface area contributed by atoms with E-state index >= 15 is 0 Å². The Morgan fingerprint density at radius 1 is 0.704 bits per heavy atom. The van der Waals surface area contributed by atoms with E-state index in [1.54, 1.807) is 0 Å². The lowest BCUT2D eigenvalue weighted by molar-refractivity contribution is -0.110. The Bertz CT molecular complexity index is 1110. The number of hydrogen-bond donors (Lipinski definition) is 2. The zero-order valence-corrected chi connectivity index (χ0v) is 14.4. The second-order valence-electron chi connectivity index (χ2n) is 6.43. The number of benzene rings is 3. The van der Waals surface area contributed by atoms with E-state index < -0.39 is 0 Å². The van der Waals surface area contributed by atoms with Crippen LogP contribution in [0.5, 0.6) is 0 Å². The summed E-state index contributed by atoms with van der Waals surface area (Å²) in [6, 6.07) is 23.4. The van der Waals surface area contributed by atoms with Crippen LogP contribution in [0.2, 0.25) is 0 Å². The molecule has 2 aliphatic rings. The fourth-order valence-corrected chi connectivity index (χ4v) is 3.36. The van der Waals surface area contributed by atoms with Crippen molar-refractivity contribution < 1.29 is 4.79 Å². The Morgan fingerprint density at radius 2 is 1.33 bits per heavy atom. The molecule has 3 aromatic carbocycles. The van der Waals surface area contributed by atoms with Crippen LogP contribution in [0.25, 0.3) is 0 Å². The summed E-state index contributed by atoms with van der Waals surface area (Å²) in [6.07, 6.45) is 0. The van der Waals surface area contributed by atoms with Crippen LogP contribution in [-0.4, -0.2) is 23.9 Å². The monoisotopic (exact) mass is 352 g/mol. The molecule has 1 amide bonds. The van der Waals surface area contributed by atoms with E-state index in [4.69, 9.17) is 4.99 Å². The van der Waals surface area contributed by atoms with Crippen molar-refractivity contribution in [2.45, 2.75) is 0 Å². The van der Waals surface area contributed by atoms with E-state index in [-0.39, 0.29) is 5.91 Å². The Labute approximate surface area is 156 Å². The van der Waals surface area contributed by atoms with E-state index in [9.17, 15) is 4.79 Å². The van der Waals surface area contributed by atoms with Gasteiger partial charge in [-0.2, -0.15) is 0 Å². The summed E-state index contributed by atoms with van der Waals surface area (Å²) in [5, 5.41) is 6.19. The molecule has 5 nitrogen and oxygen atoms in total. The number of carbonyl (C=O) groups excluding carboxylic acids is 1. The molecule has 0 saturated heterocycles. The maximum absolute atomic E-state index is 12.2. The number of nitrogens with one attached hydrogen (secondary N) is 2. The first-order chi connectivity index (χ1) is 13.3. The van der Waals surface area contributed by atoms with Crippen molar-refractivity contribution in [1.82, 2.24) is 0 Å². The lowest BCUT2D eigenvalue weighted by Gasteiger charge is -2.01. The van der Waals surface area contributed by atoms with Crippen molar-refractivity contribution in [3.63, 3.8) is 0 Å². The fourth-order valence-electron chi connectivity index (χ4n) is 3.36. The third kappa shape index (κ3) is 2.79. The molecule has 0 atom stereocenters. The molecular formula is C22H16N4O. The van der Waals surface area contributed by atoms with Gasteiger partial charge in [0.1, 0.15) is 5.71 Å². The Kier molecular flexibility index (Phi) is 3.57. The highest BCUT2D eigenvalue weighted by Gasteiger charge is 2.25. The number of nitrogens with zero attached hydrogens (tertiary/aromatic N) is 2. The van der Waals surface area contributed by atoms with Gasteiger partial charge in [0.15, 0.2) is 0 Å². The molecule has 5 rings (SSSR count). The number of aliphatic imine (C=N–C) groups is 2. The molecule has 130 valence electrons. The maximum Gasteiger partial charge on any atom is 0.275 e. The van der Waals surface area contributed by atoms with Crippen LogP contribution in [0, 0.1) is 0 Å². The average Bonchev–Trinajstić information content (AvgIpc) is 3.25. The molecule has 0 bridgehead atoms. The number of fused-ring (bicyclic) bond motifs is 2. The van der Waals surface area contributed by atoms with Gasteiger partial charge in [0.25, 0.3) is 5.91 Å². The summed E-state index contributed by atoms with van der Waals surface area (Å²) in [5.74, 6) is -0.172. The average molecular weight is 352 g/mol. The molecule has 0 fully saturated rings. The Balaban J connectivity index is 1.44. The molecule has 2 aliphatic heterocycles. The van der Waals surface area contributed by atoms with Crippen LogP contribution in [0.4, 0.5) is 22.7 Å². The van der Waals surface area contributed by atoms with Crippen LogP contribution in [0.15, 0.2) is 82.8 Å². The summed E-state index contributed by atoms with van der Waals surface area (Å²) in [7, 11) is 0. The maximum atomic E-state index is 12.2. The minimum absolute atomic E-state index is 0.172. The third-order valence-corrected chi connectivity index (χ3v) is 4.68. The summed E-state index contributed by atoms with van der Waals surface area (Å²) in [5.41, 5.74) is 6.95. The van der Waals surface area contributed by atoms with Gasteiger partial charge in [0.05, 0.1) is 29.3 Å². The summed E-state index contributed by atoms with van der Waals surface area (Å²) in [4.78, 5) is 21.5. The zero-order valence-electron chi connectivity index (χ0n) is 14.4. The first kappa shape index (κ1) is 15.5. The standard InChI is InChI=1S/C22H16N4O/c27-22-21(17-6-2-4-8-19(17)26-22)25-15-11-9-14(10-12-15)24-20-13-23-18-7-3-1-5-16(18)20/h1-12,23H,13H2,(H,25,26,27)/b24-20+. The molecule has 0 aromatic heterocycles. The van der Waals surface area contributed by atoms with Crippen molar-refractivity contribution in [2.24, 2.45) is 9.98 Å². The van der Waals surface area contributed by atoms with Gasteiger partial charge in [-0.15, -0.1) is 0 Å². The normalized spacial score (nSPS) is 17.6. The first-order valence-corrected chi connectivity index (χ1v) is 8.78. The first-order valence-electron chi connectivity index (χ1n) is 8.78. The van der Waals surface area contributed by atoms with Crippen molar-refractivity contribution in [3.05, 3.63) is 83.9 Å². The van der Waals surface area contributed by atoms with E-state index in [1.165, 1.54) is 0 Å². The van der Waals surface area contributed by atoms with Crippen LogP contribution in [0.1, 0.15) is 11.1 Å². The number of hydrogen-bond acceptors (Lipinski definition) is 4. The molecule has 27 heavy (non-hydrogen) atoms. The molecular weight excluding hydrogens is 336 g/mol.